The molecule has 4 aromatic carbocycles. The summed E-state index contributed by atoms with van der Waals surface area (Å²) in [6.45, 7) is 0. The molecule has 0 bridgehead atoms. The quantitative estimate of drug-likeness (QED) is 0.342. The van der Waals surface area contributed by atoms with Gasteiger partial charge in [0.25, 0.3) is 0 Å². The molecule has 8 heteroatoms. The minimum atomic E-state index is -1.21. The first-order valence-corrected chi connectivity index (χ1v) is 11.1. The topological polar surface area (TPSA) is 128 Å². The summed E-state index contributed by atoms with van der Waals surface area (Å²) in [7, 11) is 0. The highest BCUT2D eigenvalue weighted by atomic mass is 16.4. The Hall–Kier alpha value is -4.98. The van der Waals surface area contributed by atoms with Gasteiger partial charge in [0.05, 0.1) is 34.1 Å². The SMILES string of the molecule is O=C(O)c1ccc(N2N=C(c3ccc(C(=O)O)c4c(C(=O)O)cccc34)C[C@@H]2c2ccccc2)cc1. The summed E-state index contributed by atoms with van der Waals surface area (Å²) in [5.74, 6) is -3.45. The molecule has 0 saturated carbocycles. The monoisotopic (exact) mass is 480 g/mol. The lowest BCUT2D eigenvalue weighted by Crippen LogP contribution is -2.18. The van der Waals surface area contributed by atoms with Crippen LogP contribution in [-0.4, -0.2) is 38.9 Å². The van der Waals surface area contributed by atoms with E-state index >= 15 is 0 Å². The number of carboxylic acid groups (broad SMARTS) is 3. The highest BCUT2D eigenvalue weighted by Gasteiger charge is 2.31. The Balaban J connectivity index is 1.68. The number of nitrogens with zero attached hydrogens (tertiary/aromatic N) is 2. The Morgan fingerprint density at radius 1 is 0.722 bits per heavy atom. The molecule has 0 fully saturated rings. The second-order valence-electron chi connectivity index (χ2n) is 8.37. The maximum atomic E-state index is 11.9. The summed E-state index contributed by atoms with van der Waals surface area (Å²) in [4.78, 5) is 35.1. The number of carbonyl (C=O) groups is 3. The van der Waals surface area contributed by atoms with Crippen LogP contribution in [0.5, 0.6) is 0 Å². The molecule has 178 valence electrons. The number of hydrazone groups is 1. The summed E-state index contributed by atoms with van der Waals surface area (Å²) in [5.41, 5.74) is 2.98. The molecule has 5 rings (SSSR count). The molecule has 1 atom stereocenters. The first kappa shape index (κ1) is 22.8. The maximum absolute atomic E-state index is 11.9. The van der Waals surface area contributed by atoms with Gasteiger partial charge in [-0.2, -0.15) is 5.10 Å². The Bertz CT molecular complexity index is 1520. The summed E-state index contributed by atoms with van der Waals surface area (Å²) >= 11 is 0. The highest BCUT2D eigenvalue weighted by Crippen LogP contribution is 2.38. The molecule has 0 radical (unpaired) electrons. The van der Waals surface area contributed by atoms with Gasteiger partial charge in [-0.15, -0.1) is 0 Å². The number of carboxylic acids is 3. The smallest absolute Gasteiger partial charge is 0.336 e. The minimum absolute atomic E-state index is 0.0916. The predicted octanol–water partition coefficient (Wildman–Crippen LogP) is 5.29. The van der Waals surface area contributed by atoms with Crippen molar-refractivity contribution >= 4 is 40.1 Å². The van der Waals surface area contributed by atoms with E-state index < -0.39 is 17.9 Å². The number of hydrogen-bond donors (Lipinski definition) is 3. The van der Waals surface area contributed by atoms with Gasteiger partial charge < -0.3 is 15.3 Å². The zero-order chi connectivity index (χ0) is 25.4. The van der Waals surface area contributed by atoms with Crippen molar-refractivity contribution in [1.29, 1.82) is 0 Å². The fraction of sp³-hybridized carbons (Fsp3) is 0.0714. The van der Waals surface area contributed by atoms with E-state index in [1.54, 1.807) is 30.3 Å². The van der Waals surface area contributed by atoms with E-state index in [9.17, 15) is 29.7 Å². The van der Waals surface area contributed by atoms with Crippen molar-refractivity contribution in [3.05, 3.63) is 113 Å². The van der Waals surface area contributed by atoms with Crippen molar-refractivity contribution in [3.8, 4) is 0 Å². The molecule has 1 aliphatic rings. The molecule has 1 heterocycles. The Labute approximate surface area is 205 Å². The molecule has 0 spiro atoms. The van der Waals surface area contributed by atoms with Gasteiger partial charge in [0.1, 0.15) is 0 Å². The zero-order valence-corrected chi connectivity index (χ0v) is 18.8. The van der Waals surface area contributed by atoms with E-state index in [2.05, 4.69) is 0 Å². The lowest BCUT2D eigenvalue weighted by atomic mass is 9.91. The third kappa shape index (κ3) is 3.94. The summed E-state index contributed by atoms with van der Waals surface area (Å²) in [6, 6.07) is 23.7. The van der Waals surface area contributed by atoms with Crippen molar-refractivity contribution in [1.82, 2.24) is 0 Å². The Morgan fingerprint density at radius 2 is 1.39 bits per heavy atom. The molecule has 8 nitrogen and oxygen atoms in total. The van der Waals surface area contributed by atoms with Crippen LogP contribution in [-0.2, 0) is 0 Å². The molecule has 36 heavy (non-hydrogen) atoms. The molecule has 1 aliphatic heterocycles. The molecule has 0 saturated heterocycles. The average Bonchev–Trinajstić information content (AvgIpc) is 3.33. The lowest BCUT2D eigenvalue weighted by molar-refractivity contribution is 0.0684. The van der Waals surface area contributed by atoms with Crippen molar-refractivity contribution in [3.63, 3.8) is 0 Å². The third-order valence-electron chi connectivity index (χ3n) is 6.29. The van der Waals surface area contributed by atoms with Crippen LogP contribution in [0.15, 0.2) is 90.0 Å². The van der Waals surface area contributed by atoms with Gasteiger partial charge in [-0.05, 0) is 47.3 Å². The Morgan fingerprint density at radius 3 is 2.03 bits per heavy atom. The van der Waals surface area contributed by atoms with Crippen molar-refractivity contribution in [2.75, 3.05) is 5.01 Å². The Kier molecular flexibility index (Phi) is 5.69. The fourth-order valence-electron chi connectivity index (χ4n) is 4.62. The van der Waals surface area contributed by atoms with E-state index in [1.165, 1.54) is 24.3 Å². The number of benzene rings is 4. The normalized spacial score (nSPS) is 15.1. The molecule has 0 aromatic heterocycles. The van der Waals surface area contributed by atoms with Crippen LogP contribution in [0, 0.1) is 0 Å². The number of rotatable bonds is 6. The third-order valence-corrected chi connectivity index (χ3v) is 6.29. The number of aromatic carboxylic acids is 3. The zero-order valence-electron chi connectivity index (χ0n) is 18.8. The molecule has 3 N–H and O–H groups in total. The number of hydrogen-bond acceptors (Lipinski definition) is 5. The van der Waals surface area contributed by atoms with Gasteiger partial charge in [-0.1, -0.05) is 48.5 Å². The standard InChI is InChI=1S/C28H20N2O6/c31-26(32)17-9-11-18(12-10-17)30-24(16-5-2-1-3-6-16)15-23(29-30)19-13-14-22(28(35)36)25-20(19)7-4-8-21(25)27(33)34/h1-14,24H,15H2,(H,31,32)(H,33,34)(H,35,36)/t24-/m1/s1. The van der Waals surface area contributed by atoms with Crippen molar-refractivity contribution in [2.24, 2.45) is 5.10 Å². The van der Waals surface area contributed by atoms with E-state index in [0.717, 1.165) is 5.56 Å². The fourth-order valence-corrected chi connectivity index (χ4v) is 4.62. The van der Waals surface area contributed by atoms with Gasteiger partial charge in [0, 0.05) is 17.4 Å². The van der Waals surface area contributed by atoms with Gasteiger partial charge >= 0.3 is 17.9 Å². The van der Waals surface area contributed by atoms with Gasteiger partial charge in [-0.3, -0.25) is 5.01 Å². The van der Waals surface area contributed by atoms with Crippen LogP contribution in [0.3, 0.4) is 0 Å². The molecular formula is C28H20N2O6. The second-order valence-corrected chi connectivity index (χ2v) is 8.37. The highest BCUT2D eigenvalue weighted by molar-refractivity contribution is 6.20. The van der Waals surface area contributed by atoms with E-state index in [4.69, 9.17) is 5.10 Å². The van der Waals surface area contributed by atoms with E-state index in [1.807, 2.05) is 35.3 Å². The first-order valence-electron chi connectivity index (χ1n) is 11.1. The lowest BCUT2D eigenvalue weighted by Gasteiger charge is -2.24. The summed E-state index contributed by atoms with van der Waals surface area (Å²) < 4.78 is 0. The van der Waals surface area contributed by atoms with E-state index in [-0.39, 0.29) is 28.1 Å². The first-order chi connectivity index (χ1) is 17.3. The summed E-state index contributed by atoms with van der Waals surface area (Å²) in [5, 5.41) is 36.0. The van der Waals surface area contributed by atoms with Crippen LogP contribution < -0.4 is 5.01 Å². The van der Waals surface area contributed by atoms with Crippen LogP contribution in [0.1, 0.15) is 54.7 Å². The number of fused-ring (bicyclic) bond motifs is 1. The largest absolute Gasteiger partial charge is 0.478 e. The maximum Gasteiger partial charge on any atom is 0.336 e. The molecule has 0 amide bonds. The molecule has 0 aliphatic carbocycles. The second kappa shape index (κ2) is 8.99. The van der Waals surface area contributed by atoms with Gasteiger partial charge in [-0.25, -0.2) is 14.4 Å². The van der Waals surface area contributed by atoms with Crippen LogP contribution >= 0.6 is 0 Å². The van der Waals surface area contributed by atoms with Crippen molar-refractivity contribution in [2.45, 2.75) is 12.5 Å². The van der Waals surface area contributed by atoms with Crippen LogP contribution in [0.4, 0.5) is 5.69 Å². The van der Waals surface area contributed by atoms with E-state index in [0.29, 0.717) is 28.8 Å². The van der Waals surface area contributed by atoms with Gasteiger partial charge in [0.2, 0.25) is 0 Å². The van der Waals surface area contributed by atoms with Gasteiger partial charge in [0.15, 0.2) is 0 Å². The minimum Gasteiger partial charge on any atom is -0.478 e. The van der Waals surface area contributed by atoms with Crippen LogP contribution in [0.25, 0.3) is 10.8 Å². The summed E-state index contributed by atoms with van der Waals surface area (Å²) in [6.07, 6.45) is 0.476. The molecule has 0 unspecified atom stereocenters. The molecule has 4 aromatic rings. The predicted molar refractivity (Wildman–Crippen MR) is 134 cm³/mol. The molecular weight excluding hydrogens is 460 g/mol. The van der Waals surface area contributed by atoms with Crippen molar-refractivity contribution < 1.29 is 29.7 Å². The average molecular weight is 480 g/mol. The van der Waals surface area contributed by atoms with Crippen LogP contribution in [0.2, 0.25) is 0 Å². The number of anilines is 1.